The molecule has 5 aromatic rings. The Morgan fingerprint density at radius 2 is 1.80 bits per heavy atom. The van der Waals surface area contributed by atoms with Gasteiger partial charge in [-0.25, -0.2) is 42.1 Å². The molecule has 0 bridgehead atoms. The molecule has 2 N–H and O–H groups in total. The van der Waals surface area contributed by atoms with Gasteiger partial charge in [-0.1, -0.05) is 17.7 Å². The number of amides is 1. The average molecular weight is 809 g/mol. The van der Waals surface area contributed by atoms with E-state index in [0.29, 0.717) is 28.4 Å². The predicted molar refractivity (Wildman–Crippen MR) is 194 cm³/mol. The number of rotatable bonds is 14. The number of nitrogens with zero attached hydrogens (tertiary/aromatic N) is 5. The minimum absolute atomic E-state index is 0.0374. The van der Waals surface area contributed by atoms with Crippen LogP contribution in [0.3, 0.4) is 0 Å². The van der Waals surface area contributed by atoms with Gasteiger partial charge in [-0.05, 0) is 79.0 Å². The number of carbonyl (C=O) groups is 2. The van der Waals surface area contributed by atoms with Crippen molar-refractivity contribution < 1.29 is 45.8 Å². The number of carboxylic acids is 1. The fourth-order valence-corrected chi connectivity index (χ4v) is 7.89. The number of pyridine rings is 1. The van der Waals surface area contributed by atoms with Crippen LogP contribution in [0.15, 0.2) is 48.7 Å². The Kier molecular flexibility index (Phi) is 10.2. The van der Waals surface area contributed by atoms with E-state index < -0.39 is 81.7 Å². The van der Waals surface area contributed by atoms with Crippen molar-refractivity contribution in [1.82, 2.24) is 29.9 Å². The maximum Gasteiger partial charge on any atom is 0.337 e. The number of carbonyl (C=O) groups excluding carboxylic acids is 1. The third kappa shape index (κ3) is 7.78. The number of aromatic carboxylic acids is 1. The molecule has 1 fully saturated rings. The van der Waals surface area contributed by atoms with E-state index in [9.17, 15) is 32.3 Å². The molecule has 55 heavy (non-hydrogen) atoms. The van der Waals surface area contributed by atoms with Gasteiger partial charge in [0.15, 0.2) is 0 Å². The van der Waals surface area contributed by atoms with Crippen molar-refractivity contribution in [3.05, 3.63) is 99.1 Å². The van der Waals surface area contributed by atoms with Crippen LogP contribution in [0.1, 0.15) is 63.4 Å². The summed E-state index contributed by atoms with van der Waals surface area (Å²) in [7, 11) is -0.837. The van der Waals surface area contributed by atoms with Gasteiger partial charge in [0.1, 0.15) is 41.8 Å². The van der Waals surface area contributed by atoms with E-state index in [-0.39, 0.29) is 58.1 Å². The normalized spacial score (nSPS) is 18.0. The number of carboxylic acid groups (broad SMARTS) is 1. The molecule has 7 rings (SSSR count). The lowest BCUT2D eigenvalue weighted by atomic mass is 9.94. The SMILES string of the molecule is CS(C)(C)CCOCn1ncc2nc([C@H](Cc3cc(F)cc(F)c3)NC(=O)Cn3nc(C(F)F)c4c3C(F)(F)[C@@H]3CC43)c(-c3ccc(Cl)c(C(=O)O)c3)cc21. The Morgan fingerprint density at radius 1 is 1.07 bits per heavy atom. The Morgan fingerprint density at radius 3 is 2.47 bits per heavy atom. The lowest BCUT2D eigenvalue weighted by molar-refractivity contribution is -0.123. The van der Waals surface area contributed by atoms with E-state index in [1.807, 2.05) is 0 Å². The van der Waals surface area contributed by atoms with Crippen LogP contribution in [0.5, 0.6) is 0 Å². The maximum absolute atomic E-state index is 15.3. The van der Waals surface area contributed by atoms with Gasteiger partial charge >= 0.3 is 5.97 Å². The summed E-state index contributed by atoms with van der Waals surface area (Å²) in [4.78, 5) is 30.7. The van der Waals surface area contributed by atoms with Crippen molar-refractivity contribution >= 4 is 44.5 Å². The molecule has 10 nitrogen and oxygen atoms in total. The van der Waals surface area contributed by atoms with E-state index in [2.05, 4.69) is 34.3 Å². The summed E-state index contributed by atoms with van der Waals surface area (Å²) in [5.41, 5.74) is -0.532. The van der Waals surface area contributed by atoms with E-state index in [4.69, 9.17) is 21.3 Å². The first-order chi connectivity index (χ1) is 25.9. The smallest absolute Gasteiger partial charge is 0.337 e. The Bertz CT molecular complexity index is 2310. The molecule has 2 aliphatic rings. The molecule has 1 saturated carbocycles. The minimum atomic E-state index is -3.48. The monoisotopic (exact) mass is 808 g/mol. The van der Waals surface area contributed by atoms with Gasteiger partial charge in [0.25, 0.3) is 12.3 Å². The molecule has 0 saturated heterocycles. The van der Waals surface area contributed by atoms with Gasteiger partial charge in [0.05, 0.1) is 40.6 Å². The summed E-state index contributed by atoms with van der Waals surface area (Å²) in [6, 6.07) is 7.33. The fourth-order valence-electron chi connectivity index (χ4n) is 7.07. The van der Waals surface area contributed by atoms with Crippen molar-refractivity contribution in [2.24, 2.45) is 5.92 Å². The summed E-state index contributed by atoms with van der Waals surface area (Å²) in [5, 5.41) is 20.7. The molecule has 1 unspecified atom stereocenters. The largest absolute Gasteiger partial charge is 0.478 e. The zero-order chi connectivity index (χ0) is 39.6. The van der Waals surface area contributed by atoms with E-state index in [1.165, 1.54) is 24.4 Å². The van der Waals surface area contributed by atoms with Crippen LogP contribution < -0.4 is 5.32 Å². The predicted octanol–water partition coefficient (Wildman–Crippen LogP) is 7.84. The molecule has 18 heteroatoms. The summed E-state index contributed by atoms with van der Waals surface area (Å²) in [5.74, 6) is -8.65. The summed E-state index contributed by atoms with van der Waals surface area (Å²) in [6.07, 6.45) is 4.50. The zero-order valence-corrected chi connectivity index (χ0v) is 31.2. The van der Waals surface area contributed by atoms with Gasteiger partial charge in [-0.15, -0.1) is 0 Å². The van der Waals surface area contributed by atoms with Crippen LogP contribution in [0.4, 0.5) is 26.3 Å². The number of fused-ring (bicyclic) bond motifs is 4. The van der Waals surface area contributed by atoms with Crippen molar-refractivity contribution in [2.75, 3.05) is 31.1 Å². The van der Waals surface area contributed by atoms with Crippen molar-refractivity contribution in [3.63, 3.8) is 0 Å². The van der Waals surface area contributed by atoms with Crippen LogP contribution in [0, 0.1) is 17.6 Å². The van der Waals surface area contributed by atoms with Gasteiger partial charge in [-0.3, -0.25) is 9.48 Å². The Hall–Kier alpha value is -4.61. The van der Waals surface area contributed by atoms with Crippen LogP contribution >= 0.6 is 21.6 Å². The van der Waals surface area contributed by atoms with Gasteiger partial charge in [0.2, 0.25) is 5.91 Å². The number of halogens is 7. The van der Waals surface area contributed by atoms with Crippen LogP contribution in [-0.4, -0.2) is 72.7 Å². The first-order valence-electron chi connectivity index (χ1n) is 17.1. The van der Waals surface area contributed by atoms with Crippen molar-refractivity contribution in [2.45, 2.75) is 50.4 Å². The number of aromatic nitrogens is 5. The highest BCUT2D eigenvalue weighted by Gasteiger charge is 2.67. The molecule has 0 radical (unpaired) electrons. The first-order valence-corrected chi connectivity index (χ1v) is 20.5. The third-order valence-electron chi connectivity index (χ3n) is 9.71. The number of nitrogens with one attached hydrogen (secondary N) is 1. The number of benzene rings is 2. The Balaban J connectivity index is 1.31. The molecule has 3 heterocycles. The highest BCUT2D eigenvalue weighted by atomic mass is 35.5. The van der Waals surface area contributed by atoms with E-state index >= 15 is 8.78 Å². The maximum atomic E-state index is 15.3. The van der Waals surface area contributed by atoms with Crippen LogP contribution in [0.25, 0.3) is 22.2 Å². The molecule has 0 aliphatic heterocycles. The second-order valence-electron chi connectivity index (χ2n) is 14.6. The molecule has 3 aromatic heterocycles. The van der Waals surface area contributed by atoms with Crippen molar-refractivity contribution in [3.8, 4) is 11.1 Å². The minimum Gasteiger partial charge on any atom is -0.478 e. The van der Waals surface area contributed by atoms with Crippen LogP contribution in [-0.2, 0) is 35.2 Å². The molecule has 1 amide bonds. The van der Waals surface area contributed by atoms with E-state index in [0.717, 1.165) is 17.9 Å². The standard InChI is InChI=1S/C37H35ClF6N6O4S/c1-55(2,3)7-6-54-17-50-29-14-22(19-4-5-26(38)24(11-19)36(52)53)32(47-28(29)15-45-50)27(10-18-8-20(39)12-21(40)9-18)46-30(51)16-49-34-31(33(48-49)35(41)42)23-13-25(23)37(34,43)44/h4-5,8-9,11-12,14-15,23,25,27,35H,6-7,10,13,16-17H2,1-3H3,(H,46,51)(H,52,53)/t23?,25-,27+/m1/s1. The number of hydrogen-bond donors (Lipinski definition) is 2. The second kappa shape index (κ2) is 14.5. The lowest BCUT2D eigenvalue weighted by Crippen LogP contribution is -2.35. The van der Waals surface area contributed by atoms with Gasteiger partial charge < -0.3 is 15.2 Å². The van der Waals surface area contributed by atoms with Crippen LogP contribution in [0.2, 0.25) is 5.02 Å². The lowest BCUT2D eigenvalue weighted by Gasteiger charge is -2.24. The molecule has 3 atom stereocenters. The third-order valence-corrected chi connectivity index (χ3v) is 11.4. The van der Waals surface area contributed by atoms with Crippen molar-refractivity contribution in [1.29, 1.82) is 0 Å². The first kappa shape index (κ1) is 38.7. The van der Waals surface area contributed by atoms with Gasteiger partial charge in [0, 0.05) is 28.9 Å². The molecular formula is C37H35ClF6N6O4S. The molecular weight excluding hydrogens is 774 g/mol. The van der Waals surface area contributed by atoms with Gasteiger partial charge in [-0.2, -0.15) is 19.0 Å². The van der Waals surface area contributed by atoms with E-state index in [1.54, 1.807) is 10.7 Å². The number of hydrogen-bond acceptors (Lipinski definition) is 6. The number of alkyl halides is 4. The second-order valence-corrected chi connectivity index (χ2v) is 19.6. The zero-order valence-electron chi connectivity index (χ0n) is 29.6. The number of ether oxygens (including phenoxy) is 1. The molecule has 2 aliphatic carbocycles. The fraction of sp³-hybridized carbons (Fsp3) is 0.378. The summed E-state index contributed by atoms with van der Waals surface area (Å²) in [6.45, 7) is -0.378. The highest BCUT2D eigenvalue weighted by Crippen LogP contribution is 2.68. The molecule has 0 spiro atoms. The highest BCUT2D eigenvalue weighted by molar-refractivity contribution is 8.32. The molecule has 292 valence electrons. The summed E-state index contributed by atoms with van der Waals surface area (Å²) >= 11 is 6.20. The topological polar surface area (TPSA) is 124 Å². The Labute approximate surface area is 317 Å². The average Bonchev–Trinajstić information content (AvgIpc) is 3.57. The quantitative estimate of drug-likeness (QED) is 0.0866. The molecule has 2 aromatic carbocycles. The summed E-state index contributed by atoms with van der Waals surface area (Å²) < 4.78 is 95.6.